The third-order valence-electron chi connectivity index (χ3n) is 3.41. The zero-order valence-electron chi connectivity index (χ0n) is 10.3. The monoisotopic (exact) mass is 258 g/mol. The van der Waals surface area contributed by atoms with E-state index < -0.39 is 18.6 Å². The van der Waals surface area contributed by atoms with Gasteiger partial charge in [0.1, 0.15) is 0 Å². The largest absolute Gasteiger partial charge is 0.390 e. The van der Waals surface area contributed by atoms with Gasteiger partial charge in [0.15, 0.2) is 0 Å². The van der Waals surface area contributed by atoms with E-state index in [9.17, 15) is 13.2 Å². The van der Waals surface area contributed by atoms with Crippen LogP contribution in [0.2, 0.25) is 0 Å². The van der Waals surface area contributed by atoms with Gasteiger partial charge in [0.05, 0.1) is 6.42 Å². The minimum absolute atomic E-state index is 0.122. The number of halogens is 3. The highest BCUT2D eigenvalue weighted by Crippen LogP contribution is 2.37. The number of fused-ring (bicyclic) bond motifs is 1. The lowest BCUT2D eigenvalue weighted by Gasteiger charge is -2.25. The van der Waals surface area contributed by atoms with Crippen molar-refractivity contribution in [1.82, 2.24) is 10.3 Å². The predicted octanol–water partition coefficient (Wildman–Crippen LogP) is 3.04. The molecule has 0 saturated carbocycles. The van der Waals surface area contributed by atoms with E-state index in [1.165, 1.54) is 0 Å². The summed E-state index contributed by atoms with van der Waals surface area (Å²) in [5, 5.41) is 2.96. The van der Waals surface area contributed by atoms with Crippen LogP contribution in [0.5, 0.6) is 0 Å². The molecule has 2 nitrogen and oxygen atoms in total. The van der Waals surface area contributed by atoms with Gasteiger partial charge in [0.25, 0.3) is 0 Å². The number of likely N-dealkylation sites (N-methyl/N-ethyl adjacent to an activating group) is 1. The maximum Gasteiger partial charge on any atom is 0.390 e. The van der Waals surface area contributed by atoms with Crippen LogP contribution in [0.4, 0.5) is 13.2 Å². The van der Waals surface area contributed by atoms with E-state index in [0.717, 1.165) is 24.1 Å². The molecule has 1 heterocycles. The average Bonchev–Trinajstić information content (AvgIpc) is 2.70. The molecule has 5 heteroatoms. The Hall–Kier alpha value is -1.10. The second-order valence-corrected chi connectivity index (χ2v) is 4.68. The minimum atomic E-state index is -4.13. The summed E-state index contributed by atoms with van der Waals surface area (Å²) in [6.07, 6.45) is -1.69. The fraction of sp³-hybridized carbons (Fsp3) is 0.615. The van der Waals surface area contributed by atoms with Gasteiger partial charge >= 0.3 is 6.18 Å². The molecule has 2 rings (SSSR count). The second kappa shape index (κ2) is 5.26. The molecule has 1 N–H and O–H groups in total. The Labute approximate surface area is 105 Å². The first-order chi connectivity index (χ1) is 8.51. The second-order valence-electron chi connectivity index (χ2n) is 4.68. The molecule has 0 radical (unpaired) electrons. The highest BCUT2D eigenvalue weighted by molar-refractivity contribution is 5.30. The number of hydrogen-bond acceptors (Lipinski definition) is 2. The number of nitrogens with one attached hydrogen (secondary N) is 1. The fourth-order valence-electron chi connectivity index (χ4n) is 2.70. The molecule has 18 heavy (non-hydrogen) atoms. The summed E-state index contributed by atoms with van der Waals surface area (Å²) < 4.78 is 37.8. The Kier molecular flexibility index (Phi) is 3.90. The first-order valence-corrected chi connectivity index (χ1v) is 6.25. The van der Waals surface area contributed by atoms with Crippen LogP contribution >= 0.6 is 0 Å². The molecular formula is C13H17F3N2. The number of aromatic nitrogens is 1. The molecule has 100 valence electrons. The van der Waals surface area contributed by atoms with Gasteiger partial charge in [-0.25, -0.2) is 0 Å². The number of pyridine rings is 1. The van der Waals surface area contributed by atoms with Crippen molar-refractivity contribution in [2.24, 2.45) is 0 Å². The summed E-state index contributed by atoms with van der Waals surface area (Å²) in [6, 6.07) is 3.23. The summed E-state index contributed by atoms with van der Waals surface area (Å²) in [5.74, 6) is -0.122. The van der Waals surface area contributed by atoms with Crippen LogP contribution in [0.1, 0.15) is 36.9 Å². The minimum Gasteiger partial charge on any atom is -0.313 e. The third-order valence-corrected chi connectivity index (χ3v) is 3.41. The molecule has 0 saturated heterocycles. The number of aryl methyl sites for hydroxylation is 1. The molecular weight excluding hydrogens is 241 g/mol. The lowest BCUT2D eigenvalue weighted by molar-refractivity contribution is -0.141. The van der Waals surface area contributed by atoms with Crippen LogP contribution in [0.15, 0.2) is 18.3 Å². The van der Waals surface area contributed by atoms with Crippen molar-refractivity contribution >= 4 is 0 Å². The number of nitrogens with zero attached hydrogens (tertiary/aromatic N) is 1. The highest BCUT2D eigenvalue weighted by atomic mass is 19.4. The van der Waals surface area contributed by atoms with E-state index in [4.69, 9.17) is 0 Å². The maximum atomic E-state index is 12.6. The zero-order valence-corrected chi connectivity index (χ0v) is 10.3. The molecule has 0 spiro atoms. The number of hydrogen-bond donors (Lipinski definition) is 1. The third kappa shape index (κ3) is 3.02. The molecule has 0 aliphatic heterocycles. The average molecular weight is 258 g/mol. The Morgan fingerprint density at radius 2 is 2.28 bits per heavy atom. The van der Waals surface area contributed by atoms with E-state index in [2.05, 4.69) is 10.3 Å². The summed E-state index contributed by atoms with van der Waals surface area (Å²) in [7, 11) is 0. The number of alkyl halides is 3. The molecule has 2 unspecified atom stereocenters. The van der Waals surface area contributed by atoms with E-state index in [1.54, 1.807) is 6.20 Å². The Balaban J connectivity index is 2.18. The molecule has 0 bridgehead atoms. The van der Waals surface area contributed by atoms with Crippen LogP contribution in [0.25, 0.3) is 0 Å². The van der Waals surface area contributed by atoms with E-state index in [0.29, 0.717) is 6.54 Å². The van der Waals surface area contributed by atoms with Crippen molar-refractivity contribution in [2.75, 3.05) is 6.54 Å². The van der Waals surface area contributed by atoms with Gasteiger partial charge in [-0.2, -0.15) is 13.2 Å². The van der Waals surface area contributed by atoms with Gasteiger partial charge in [0.2, 0.25) is 0 Å². The SMILES string of the molecule is CCNC(CC(F)(F)F)C1CCc2cccnc21. The van der Waals surface area contributed by atoms with Crippen molar-refractivity contribution in [3.8, 4) is 0 Å². The van der Waals surface area contributed by atoms with Gasteiger partial charge in [-0.15, -0.1) is 0 Å². The van der Waals surface area contributed by atoms with Crippen LogP contribution in [0, 0.1) is 0 Å². The molecule has 1 aliphatic carbocycles. The van der Waals surface area contributed by atoms with Crippen LogP contribution in [-0.2, 0) is 6.42 Å². The van der Waals surface area contributed by atoms with E-state index in [1.807, 2.05) is 19.1 Å². The fourth-order valence-corrected chi connectivity index (χ4v) is 2.70. The summed E-state index contributed by atoms with van der Waals surface area (Å²) in [5.41, 5.74) is 1.93. The Bertz CT molecular complexity index is 403. The number of rotatable bonds is 4. The molecule has 0 fully saturated rings. The van der Waals surface area contributed by atoms with Crippen molar-refractivity contribution in [3.05, 3.63) is 29.6 Å². The van der Waals surface area contributed by atoms with E-state index in [-0.39, 0.29) is 5.92 Å². The van der Waals surface area contributed by atoms with Crippen LogP contribution in [0.3, 0.4) is 0 Å². The summed E-state index contributed by atoms with van der Waals surface area (Å²) in [4.78, 5) is 4.27. The van der Waals surface area contributed by atoms with Crippen LogP contribution < -0.4 is 5.32 Å². The molecule has 0 amide bonds. The molecule has 2 atom stereocenters. The van der Waals surface area contributed by atoms with Crippen molar-refractivity contribution in [2.45, 2.75) is 44.3 Å². The normalized spacial score (nSPS) is 20.8. The van der Waals surface area contributed by atoms with Crippen molar-refractivity contribution in [3.63, 3.8) is 0 Å². The molecule has 1 aromatic heterocycles. The maximum absolute atomic E-state index is 12.6. The lowest BCUT2D eigenvalue weighted by atomic mass is 9.94. The van der Waals surface area contributed by atoms with Gasteiger partial charge in [-0.3, -0.25) is 4.98 Å². The standard InChI is InChI=1S/C13H17F3N2/c1-2-17-11(8-13(14,15)16)10-6-5-9-4-3-7-18-12(9)10/h3-4,7,10-11,17H,2,5-6,8H2,1H3. The molecule has 1 aromatic rings. The smallest absolute Gasteiger partial charge is 0.313 e. The Morgan fingerprint density at radius 3 is 2.94 bits per heavy atom. The molecule has 1 aliphatic rings. The van der Waals surface area contributed by atoms with Crippen molar-refractivity contribution in [1.29, 1.82) is 0 Å². The van der Waals surface area contributed by atoms with Gasteiger partial charge in [-0.1, -0.05) is 13.0 Å². The highest BCUT2D eigenvalue weighted by Gasteiger charge is 2.38. The quantitative estimate of drug-likeness (QED) is 0.898. The van der Waals surface area contributed by atoms with Gasteiger partial charge in [-0.05, 0) is 31.0 Å². The Morgan fingerprint density at radius 1 is 1.50 bits per heavy atom. The van der Waals surface area contributed by atoms with E-state index >= 15 is 0 Å². The van der Waals surface area contributed by atoms with Crippen LogP contribution in [-0.4, -0.2) is 23.7 Å². The van der Waals surface area contributed by atoms with Crippen molar-refractivity contribution < 1.29 is 13.2 Å². The van der Waals surface area contributed by atoms with Gasteiger partial charge < -0.3 is 5.32 Å². The summed E-state index contributed by atoms with van der Waals surface area (Å²) in [6.45, 7) is 2.37. The molecule has 0 aromatic carbocycles. The lowest BCUT2D eigenvalue weighted by Crippen LogP contribution is -2.38. The predicted molar refractivity (Wildman–Crippen MR) is 63.4 cm³/mol. The summed E-state index contributed by atoms with van der Waals surface area (Å²) >= 11 is 0. The first-order valence-electron chi connectivity index (χ1n) is 6.25. The topological polar surface area (TPSA) is 24.9 Å². The first kappa shape index (κ1) is 13.3. The zero-order chi connectivity index (χ0) is 13.2. The van der Waals surface area contributed by atoms with Gasteiger partial charge in [0, 0.05) is 23.9 Å².